The Morgan fingerprint density at radius 1 is 1.12 bits per heavy atom. The van der Waals surface area contributed by atoms with Crippen LogP contribution in [-0.4, -0.2) is 29.8 Å². The van der Waals surface area contributed by atoms with Crippen LogP contribution in [0.4, 0.5) is 0 Å². The maximum absolute atomic E-state index is 12.3. The van der Waals surface area contributed by atoms with Crippen LogP contribution in [0.2, 0.25) is 0 Å². The van der Waals surface area contributed by atoms with Crippen LogP contribution in [0, 0.1) is 0 Å². The van der Waals surface area contributed by atoms with Crippen molar-refractivity contribution in [3.63, 3.8) is 0 Å². The monoisotopic (exact) mass is 348 g/mol. The molecule has 0 N–H and O–H groups in total. The number of rotatable bonds is 7. The molecule has 0 amide bonds. The van der Waals surface area contributed by atoms with Crippen LogP contribution >= 0.6 is 0 Å². The Morgan fingerprint density at radius 2 is 1.92 bits per heavy atom. The van der Waals surface area contributed by atoms with Gasteiger partial charge in [-0.3, -0.25) is 9.48 Å². The van der Waals surface area contributed by atoms with Crippen molar-refractivity contribution in [1.82, 2.24) is 9.78 Å². The first-order valence-corrected chi connectivity index (χ1v) is 8.20. The molecule has 5 heteroatoms. The maximum Gasteiger partial charge on any atom is 0.185 e. The van der Waals surface area contributed by atoms with E-state index >= 15 is 0 Å². The summed E-state index contributed by atoms with van der Waals surface area (Å²) >= 11 is 0. The average Bonchev–Trinajstić information content (AvgIpc) is 3.19. The largest absolute Gasteiger partial charge is 0.497 e. The van der Waals surface area contributed by atoms with Crippen molar-refractivity contribution >= 4 is 11.9 Å². The van der Waals surface area contributed by atoms with Crippen molar-refractivity contribution in [1.29, 1.82) is 0 Å². The number of allylic oxidation sites excluding steroid dienone is 1. The molecule has 0 radical (unpaired) electrons. The molecule has 0 saturated heterocycles. The van der Waals surface area contributed by atoms with E-state index in [0.29, 0.717) is 12.1 Å². The molecule has 0 aliphatic rings. The molecular formula is C21H20N2O3. The normalized spacial score (nSPS) is 10.8. The zero-order valence-electron chi connectivity index (χ0n) is 14.8. The first kappa shape index (κ1) is 17.5. The summed E-state index contributed by atoms with van der Waals surface area (Å²) in [4.78, 5) is 12.3. The number of ether oxygens (including phenoxy) is 2. The minimum absolute atomic E-state index is 0.0582. The van der Waals surface area contributed by atoms with E-state index in [1.807, 2.05) is 35.1 Å². The predicted molar refractivity (Wildman–Crippen MR) is 101 cm³/mol. The summed E-state index contributed by atoms with van der Waals surface area (Å²) in [6, 6.07) is 14.8. The van der Waals surface area contributed by atoms with E-state index < -0.39 is 0 Å². The average molecular weight is 348 g/mol. The van der Waals surface area contributed by atoms with Gasteiger partial charge in [-0.25, -0.2) is 0 Å². The van der Waals surface area contributed by atoms with E-state index in [1.54, 1.807) is 56.8 Å². The second-order valence-electron chi connectivity index (χ2n) is 5.70. The number of aromatic nitrogens is 2. The first-order chi connectivity index (χ1) is 12.7. The SMILES string of the molecule is COc1ccc(C(=O)/C=C/c2ccc(OC)c(Cn3cccn3)c2)cc1. The molecule has 3 aromatic rings. The highest BCUT2D eigenvalue weighted by Gasteiger charge is 2.06. The summed E-state index contributed by atoms with van der Waals surface area (Å²) in [5.41, 5.74) is 2.54. The Bertz CT molecular complexity index is 898. The summed E-state index contributed by atoms with van der Waals surface area (Å²) in [6.45, 7) is 0.601. The van der Waals surface area contributed by atoms with Crippen molar-refractivity contribution in [3.05, 3.63) is 83.7 Å². The minimum atomic E-state index is -0.0582. The smallest absolute Gasteiger partial charge is 0.185 e. The van der Waals surface area contributed by atoms with Gasteiger partial charge in [0.2, 0.25) is 0 Å². The quantitative estimate of drug-likeness (QED) is 0.481. The van der Waals surface area contributed by atoms with Crippen LogP contribution in [0.5, 0.6) is 11.5 Å². The predicted octanol–water partition coefficient (Wildman–Crippen LogP) is 3.84. The number of carbonyl (C=O) groups excluding carboxylic acids is 1. The third-order valence-electron chi connectivity index (χ3n) is 4.00. The molecule has 2 aromatic carbocycles. The summed E-state index contributed by atoms with van der Waals surface area (Å²) in [7, 11) is 3.24. The lowest BCUT2D eigenvalue weighted by Crippen LogP contribution is -2.02. The molecule has 3 rings (SSSR count). The Hall–Kier alpha value is -3.34. The molecule has 0 aliphatic carbocycles. The van der Waals surface area contributed by atoms with Crippen LogP contribution in [0.3, 0.4) is 0 Å². The first-order valence-electron chi connectivity index (χ1n) is 8.20. The number of hydrogen-bond donors (Lipinski definition) is 0. The molecule has 1 heterocycles. The molecule has 0 atom stereocenters. The molecule has 0 fully saturated rings. The highest BCUT2D eigenvalue weighted by atomic mass is 16.5. The summed E-state index contributed by atoms with van der Waals surface area (Å²) < 4.78 is 12.4. The van der Waals surface area contributed by atoms with Gasteiger partial charge in [-0.1, -0.05) is 12.1 Å². The molecular weight excluding hydrogens is 328 g/mol. The lowest BCUT2D eigenvalue weighted by Gasteiger charge is -2.09. The fraction of sp³-hybridized carbons (Fsp3) is 0.143. The lowest BCUT2D eigenvalue weighted by molar-refractivity contribution is 0.104. The summed E-state index contributed by atoms with van der Waals surface area (Å²) in [6.07, 6.45) is 7.01. The van der Waals surface area contributed by atoms with E-state index in [-0.39, 0.29) is 5.78 Å². The van der Waals surface area contributed by atoms with Gasteiger partial charge in [0, 0.05) is 23.5 Å². The molecule has 0 spiro atoms. The Morgan fingerprint density at radius 3 is 2.58 bits per heavy atom. The van der Waals surface area contributed by atoms with Crippen molar-refractivity contribution in [2.75, 3.05) is 14.2 Å². The zero-order chi connectivity index (χ0) is 18.4. The highest BCUT2D eigenvalue weighted by Crippen LogP contribution is 2.22. The summed E-state index contributed by atoms with van der Waals surface area (Å²) in [5.74, 6) is 1.46. The number of hydrogen-bond acceptors (Lipinski definition) is 4. The van der Waals surface area contributed by atoms with Gasteiger partial charge in [0.25, 0.3) is 0 Å². The standard InChI is InChI=1S/C21H20N2O3/c1-25-19-8-6-17(7-9-19)20(24)10-4-16-5-11-21(26-2)18(14-16)15-23-13-3-12-22-23/h3-14H,15H2,1-2H3/b10-4+. The molecule has 0 bridgehead atoms. The van der Waals surface area contributed by atoms with Crippen molar-refractivity contribution in [2.45, 2.75) is 6.54 Å². The number of ketones is 1. The van der Waals surface area contributed by atoms with E-state index in [2.05, 4.69) is 5.10 Å². The maximum atomic E-state index is 12.3. The molecule has 26 heavy (non-hydrogen) atoms. The number of nitrogens with zero attached hydrogens (tertiary/aromatic N) is 2. The van der Waals surface area contributed by atoms with E-state index in [4.69, 9.17) is 9.47 Å². The lowest BCUT2D eigenvalue weighted by atomic mass is 10.1. The molecule has 5 nitrogen and oxygen atoms in total. The van der Waals surface area contributed by atoms with Gasteiger partial charge in [-0.15, -0.1) is 0 Å². The van der Waals surface area contributed by atoms with E-state index in [1.165, 1.54) is 0 Å². The highest BCUT2D eigenvalue weighted by molar-refractivity contribution is 6.06. The third kappa shape index (κ3) is 4.19. The van der Waals surface area contributed by atoms with Crippen LogP contribution in [0.25, 0.3) is 6.08 Å². The van der Waals surface area contributed by atoms with Crippen LogP contribution < -0.4 is 9.47 Å². The van der Waals surface area contributed by atoms with Gasteiger partial charge in [-0.05, 0) is 54.1 Å². The van der Waals surface area contributed by atoms with Crippen LogP contribution in [0.15, 0.2) is 67.0 Å². The second-order valence-corrected chi connectivity index (χ2v) is 5.70. The Balaban J connectivity index is 1.77. The molecule has 0 unspecified atom stereocenters. The fourth-order valence-electron chi connectivity index (χ4n) is 2.62. The molecule has 132 valence electrons. The van der Waals surface area contributed by atoms with Crippen LogP contribution in [-0.2, 0) is 6.54 Å². The van der Waals surface area contributed by atoms with E-state index in [0.717, 1.165) is 22.6 Å². The van der Waals surface area contributed by atoms with Gasteiger partial charge in [0.15, 0.2) is 5.78 Å². The van der Waals surface area contributed by atoms with Gasteiger partial charge in [0.05, 0.1) is 20.8 Å². The Labute approximate surface area is 152 Å². The Kier molecular flexibility index (Phi) is 5.49. The molecule has 0 aliphatic heterocycles. The summed E-state index contributed by atoms with van der Waals surface area (Å²) in [5, 5.41) is 4.22. The molecule has 0 saturated carbocycles. The van der Waals surface area contributed by atoms with Crippen molar-refractivity contribution in [2.24, 2.45) is 0 Å². The van der Waals surface area contributed by atoms with Gasteiger partial charge < -0.3 is 9.47 Å². The zero-order valence-corrected chi connectivity index (χ0v) is 14.8. The number of benzene rings is 2. The number of methoxy groups -OCH3 is 2. The van der Waals surface area contributed by atoms with Gasteiger partial charge in [-0.2, -0.15) is 5.10 Å². The molecule has 1 aromatic heterocycles. The van der Waals surface area contributed by atoms with Crippen LogP contribution in [0.1, 0.15) is 21.5 Å². The fourth-order valence-corrected chi connectivity index (χ4v) is 2.62. The van der Waals surface area contributed by atoms with Crippen molar-refractivity contribution < 1.29 is 14.3 Å². The van der Waals surface area contributed by atoms with E-state index in [9.17, 15) is 4.79 Å². The number of carbonyl (C=O) groups is 1. The van der Waals surface area contributed by atoms with Crippen molar-refractivity contribution in [3.8, 4) is 11.5 Å². The third-order valence-corrected chi connectivity index (χ3v) is 4.00. The van der Waals surface area contributed by atoms with Gasteiger partial charge in [0.1, 0.15) is 11.5 Å². The second kappa shape index (κ2) is 8.16. The topological polar surface area (TPSA) is 53.4 Å². The minimum Gasteiger partial charge on any atom is -0.497 e. The van der Waals surface area contributed by atoms with Gasteiger partial charge >= 0.3 is 0 Å².